The first kappa shape index (κ1) is 13.4. The van der Waals surface area contributed by atoms with Gasteiger partial charge in [0, 0.05) is 6.54 Å². The fourth-order valence-corrected chi connectivity index (χ4v) is 2.25. The fraction of sp³-hybridized carbons (Fsp3) is 0.667. The second-order valence-electron chi connectivity index (χ2n) is 4.38. The molecule has 0 atom stereocenters. The molecule has 1 aromatic heterocycles. The van der Waals surface area contributed by atoms with Crippen LogP contribution in [0.4, 0.5) is 5.82 Å². The third kappa shape index (κ3) is 3.71. The molecule has 18 heavy (non-hydrogen) atoms. The molecule has 1 aromatic rings. The Morgan fingerprint density at radius 1 is 1.44 bits per heavy atom. The van der Waals surface area contributed by atoms with Crippen LogP contribution in [0.25, 0.3) is 0 Å². The van der Waals surface area contributed by atoms with Gasteiger partial charge in [0.15, 0.2) is 5.82 Å². The van der Waals surface area contributed by atoms with Gasteiger partial charge in [0.1, 0.15) is 5.02 Å². The lowest BCUT2D eigenvalue weighted by molar-refractivity contribution is 0.337. The van der Waals surface area contributed by atoms with Crippen LogP contribution in [0.1, 0.15) is 19.3 Å². The van der Waals surface area contributed by atoms with Crippen LogP contribution >= 0.6 is 11.6 Å². The molecule has 1 aliphatic rings. The SMILES string of the molecule is COc1ncc(Cl)c(NCCCN2CCCC2)n1. The average Bonchev–Trinajstić information content (AvgIpc) is 2.89. The Morgan fingerprint density at radius 2 is 2.22 bits per heavy atom. The Bertz CT molecular complexity index is 382. The summed E-state index contributed by atoms with van der Waals surface area (Å²) in [4.78, 5) is 10.6. The normalized spacial score (nSPS) is 15.9. The van der Waals surface area contributed by atoms with Gasteiger partial charge in [-0.05, 0) is 38.9 Å². The van der Waals surface area contributed by atoms with Crippen LogP contribution in [0.5, 0.6) is 6.01 Å². The van der Waals surface area contributed by atoms with Crippen LogP contribution < -0.4 is 10.1 Å². The zero-order valence-electron chi connectivity index (χ0n) is 10.7. The summed E-state index contributed by atoms with van der Waals surface area (Å²) in [6.07, 6.45) is 5.31. The monoisotopic (exact) mass is 270 g/mol. The van der Waals surface area contributed by atoms with E-state index in [4.69, 9.17) is 16.3 Å². The molecule has 0 amide bonds. The van der Waals surface area contributed by atoms with Gasteiger partial charge >= 0.3 is 6.01 Å². The van der Waals surface area contributed by atoms with E-state index in [1.807, 2.05) is 0 Å². The standard InChI is InChI=1S/C12H19ClN4O/c1-18-12-15-9-10(13)11(16-12)14-5-4-8-17-6-2-3-7-17/h9H,2-8H2,1H3,(H,14,15,16). The van der Waals surface area contributed by atoms with Crippen molar-refractivity contribution in [3.8, 4) is 6.01 Å². The lowest BCUT2D eigenvalue weighted by Gasteiger charge is -2.14. The quantitative estimate of drug-likeness (QED) is 0.802. The van der Waals surface area contributed by atoms with E-state index in [2.05, 4.69) is 20.2 Å². The number of aromatic nitrogens is 2. The summed E-state index contributed by atoms with van der Waals surface area (Å²) in [5.74, 6) is 0.643. The molecule has 0 unspecified atom stereocenters. The van der Waals surface area contributed by atoms with Crippen LogP contribution in [0, 0.1) is 0 Å². The van der Waals surface area contributed by atoms with Crippen molar-refractivity contribution >= 4 is 17.4 Å². The van der Waals surface area contributed by atoms with E-state index >= 15 is 0 Å². The zero-order chi connectivity index (χ0) is 12.8. The van der Waals surface area contributed by atoms with Crippen LogP contribution in [0.2, 0.25) is 5.02 Å². The van der Waals surface area contributed by atoms with Gasteiger partial charge in [-0.1, -0.05) is 11.6 Å². The fourth-order valence-electron chi connectivity index (χ4n) is 2.09. The molecule has 1 N–H and O–H groups in total. The minimum Gasteiger partial charge on any atom is -0.467 e. The van der Waals surface area contributed by atoms with Gasteiger partial charge in [-0.3, -0.25) is 0 Å². The van der Waals surface area contributed by atoms with Crippen LogP contribution in [0.3, 0.4) is 0 Å². The van der Waals surface area contributed by atoms with E-state index in [1.165, 1.54) is 25.9 Å². The number of likely N-dealkylation sites (tertiary alicyclic amines) is 1. The first-order chi connectivity index (χ1) is 8.79. The van der Waals surface area contributed by atoms with Crippen molar-refractivity contribution in [2.45, 2.75) is 19.3 Å². The number of nitrogens with one attached hydrogen (secondary N) is 1. The number of halogens is 1. The maximum atomic E-state index is 6.01. The highest BCUT2D eigenvalue weighted by atomic mass is 35.5. The summed E-state index contributed by atoms with van der Waals surface area (Å²) in [5, 5.41) is 3.75. The summed E-state index contributed by atoms with van der Waals surface area (Å²) in [6, 6.07) is 0.335. The molecule has 5 nitrogen and oxygen atoms in total. The Hall–Kier alpha value is -1.07. The van der Waals surface area contributed by atoms with Crippen LogP contribution in [-0.2, 0) is 0 Å². The second-order valence-corrected chi connectivity index (χ2v) is 4.79. The Morgan fingerprint density at radius 3 is 2.94 bits per heavy atom. The third-order valence-corrected chi connectivity index (χ3v) is 3.32. The highest BCUT2D eigenvalue weighted by Crippen LogP contribution is 2.19. The number of methoxy groups -OCH3 is 1. The summed E-state index contributed by atoms with van der Waals surface area (Å²) < 4.78 is 4.97. The first-order valence-corrected chi connectivity index (χ1v) is 6.70. The summed E-state index contributed by atoms with van der Waals surface area (Å²) in [6.45, 7) is 4.47. The highest BCUT2D eigenvalue weighted by molar-refractivity contribution is 6.32. The van der Waals surface area contributed by atoms with Gasteiger partial charge in [-0.2, -0.15) is 4.98 Å². The Kier molecular flexibility index (Phi) is 5.01. The number of hydrogen-bond donors (Lipinski definition) is 1. The number of ether oxygens (including phenoxy) is 1. The highest BCUT2D eigenvalue weighted by Gasteiger charge is 2.10. The molecule has 0 saturated carbocycles. The molecule has 2 heterocycles. The summed E-state index contributed by atoms with van der Waals surface area (Å²) in [7, 11) is 1.54. The molecule has 0 spiro atoms. The van der Waals surface area contributed by atoms with Crippen LogP contribution in [0.15, 0.2) is 6.20 Å². The number of rotatable bonds is 6. The zero-order valence-corrected chi connectivity index (χ0v) is 11.4. The molecule has 1 saturated heterocycles. The molecule has 100 valence electrons. The molecule has 0 bridgehead atoms. The second kappa shape index (κ2) is 6.75. The summed E-state index contributed by atoms with van der Waals surface area (Å²) >= 11 is 6.01. The molecule has 0 aliphatic carbocycles. The molecular weight excluding hydrogens is 252 g/mol. The topological polar surface area (TPSA) is 50.3 Å². The van der Waals surface area contributed by atoms with E-state index in [0.717, 1.165) is 19.5 Å². The van der Waals surface area contributed by atoms with E-state index in [-0.39, 0.29) is 0 Å². The smallest absolute Gasteiger partial charge is 0.318 e. The van der Waals surface area contributed by atoms with Crippen molar-refractivity contribution < 1.29 is 4.74 Å². The lowest BCUT2D eigenvalue weighted by atomic mass is 10.4. The lowest BCUT2D eigenvalue weighted by Crippen LogP contribution is -2.22. The van der Waals surface area contributed by atoms with Gasteiger partial charge in [0.05, 0.1) is 13.3 Å². The van der Waals surface area contributed by atoms with Crippen molar-refractivity contribution in [3.05, 3.63) is 11.2 Å². The largest absolute Gasteiger partial charge is 0.467 e. The number of anilines is 1. The predicted octanol–water partition coefficient (Wildman–Crippen LogP) is 2.04. The van der Waals surface area contributed by atoms with Crippen molar-refractivity contribution in [1.82, 2.24) is 14.9 Å². The van der Waals surface area contributed by atoms with Crippen molar-refractivity contribution in [2.24, 2.45) is 0 Å². The van der Waals surface area contributed by atoms with Gasteiger partial charge in [-0.15, -0.1) is 0 Å². The van der Waals surface area contributed by atoms with Gasteiger partial charge < -0.3 is 15.0 Å². The minimum atomic E-state index is 0.335. The van der Waals surface area contributed by atoms with E-state index in [1.54, 1.807) is 13.3 Å². The average molecular weight is 271 g/mol. The third-order valence-electron chi connectivity index (χ3n) is 3.05. The predicted molar refractivity (Wildman–Crippen MR) is 72.4 cm³/mol. The molecule has 2 rings (SSSR count). The number of nitrogens with zero attached hydrogens (tertiary/aromatic N) is 3. The van der Waals surface area contributed by atoms with E-state index < -0.39 is 0 Å². The maximum absolute atomic E-state index is 6.01. The van der Waals surface area contributed by atoms with E-state index in [9.17, 15) is 0 Å². The van der Waals surface area contributed by atoms with Gasteiger partial charge in [0.2, 0.25) is 0 Å². The molecule has 1 fully saturated rings. The van der Waals surface area contributed by atoms with Crippen molar-refractivity contribution in [3.63, 3.8) is 0 Å². The Balaban J connectivity index is 1.75. The van der Waals surface area contributed by atoms with Crippen LogP contribution in [-0.4, -0.2) is 48.2 Å². The number of hydrogen-bond acceptors (Lipinski definition) is 5. The van der Waals surface area contributed by atoms with E-state index in [0.29, 0.717) is 16.9 Å². The molecule has 0 radical (unpaired) electrons. The maximum Gasteiger partial charge on any atom is 0.318 e. The Labute approximate surface area is 113 Å². The molecule has 0 aromatic carbocycles. The van der Waals surface area contributed by atoms with Crippen molar-refractivity contribution in [2.75, 3.05) is 38.6 Å². The van der Waals surface area contributed by atoms with Gasteiger partial charge in [0.25, 0.3) is 0 Å². The van der Waals surface area contributed by atoms with Crippen molar-refractivity contribution in [1.29, 1.82) is 0 Å². The molecule has 1 aliphatic heterocycles. The minimum absolute atomic E-state index is 0.335. The first-order valence-electron chi connectivity index (χ1n) is 6.32. The summed E-state index contributed by atoms with van der Waals surface area (Å²) in [5.41, 5.74) is 0. The van der Waals surface area contributed by atoms with Gasteiger partial charge in [-0.25, -0.2) is 4.98 Å². The molecular formula is C12H19ClN4O. The molecule has 6 heteroatoms.